The number of amides is 1. The first-order valence-corrected chi connectivity index (χ1v) is 7.14. The van der Waals surface area contributed by atoms with Crippen LogP contribution in [0.4, 0.5) is 20.2 Å². The minimum atomic E-state index is -2.89. The van der Waals surface area contributed by atoms with Gasteiger partial charge in [0.15, 0.2) is 0 Å². The lowest BCUT2D eigenvalue weighted by Crippen LogP contribution is -2.22. The Morgan fingerprint density at radius 2 is 1.96 bits per heavy atom. The average molecular weight is 352 g/mol. The summed E-state index contributed by atoms with van der Waals surface area (Å²) in [7, 11) is 0. The average Bonchev–Trinajstić information content (AvgIpc) is 2.54. The van der Waals surface area contributed by atoms with E-state index < -0.39 is 6.61 Å². The Hall–Kier alpha value is -2.85. The van der Waals surface area contributed by atoms with E-state index in [1.807, 2.05) is 6.07 Å². The van der Waals surface area contributed by atoms with E-state index in [-0.39, 0.29) is 18.2 Å². The second-order valence-corrected chi connectivity index (χ2v) is 5.04. The Morgan fingerprint density at radius 3 is 2.58 bits per heavy atom. The lowest BCUT2D eigenvalue weighted by molar-refractivity contribution is -0.114. The first kappa shape index (κ1) is 17.5. The van der Waals surface area contributed by atoms with Crippen LogP contribution >= 0.6 is 11.6 Å². The van der Waals surface area contributed by atoms with Crippen molar-refractivity contribution in [3.63, 3.8) is 0 Å². The van der Waals surface area contributed by atoms with Crippen molar-refractivity contribution in [3.8, 4) is 11.8 Å². The third kappa shape index (κ3) is 5.11. The summed E-state index contributed by atoms with van der Waals surface area (Å²) in [5.41, 5.74) is 1.16. The van der Waals surface area contributed by atoms with Crippen molar-refractivity contribution in [2.75, 3.05) is 17.2 Å². The number of carbonyl (C=O) groups is 1. The summed E-state index contributed by atoms with van der Waals surface area (Å²) in [6, 6.07) is 12.2. The standard InChI is InChI=1S/C16H12ClF2N3O2/c17-11-2-1-10(8-20)14(7-11)22-15(23)9-21-12-3-5-13(6-4-12)24-16(18)19/h1-7,16,21H,9H2,(H,22,23). The highest BCUT2D eigenvalue weighted by atomic mass is 35.5. The topological polar surface area (TPSA) is 74.2 Å². The van der Waals surface area contributed by atoms with Gasteiger partial charge in [-0.05, 0) is 42.5 Å². The molecule has 2 rings (SSSR count). The monoisotopic (exact) mass is 351 g/mol. The summed E-state index contributed by atoms with van der Waals surface area (Å²) in [5, 5.41) is 14.8. The summed E-state index contributed by atoms with van der Waals surface area (Å²) >= 11 is 5.84. The van der Waals surface area contributed by atoms with Gasteiger partial charge in [0.2, 0.25) is 5.91 Å². The minimum absolute atomic E-state index is 0.0255. The molecule has 0 aliphatic rings. The SMILES string of the molecule is N#Cc1ccc(Cl)cc1NC(=O)CNc1ccc(OC(F)F)cc1. The normalized spacial score (nSPS) is 10.1. The molecule has 0 radical (unpaired) electrons. The summed E-state index contributed by atoms with van der Waals surface area (Å²) in [6.07, 6.45) is 0. The second-order valence-electron chi connectivity index (χ2n) is 4.61. The number of nitriles is 1. The molecule has 124 valence electrons. The van der Waals surface area contributed by atoms with E-state index in [2.05, 4.69) is 15.4 Å². The molecule has 0 aromatic heterocycles. The fraction of sp³-hybridized carbons (Fsp3) is 0.125. The lowest BCUT2D eigenvalue weighted by Gasteiger charge is -2.10. The molecule has 0 aliphatic heterocycles. The summed E-state index contributed by atoms with van der Waals surface area (Å²) in [5.74, 6) is -0.362. The van der Waals surface area contributed by atoms with Gasteiger partial charge in [-0.2, -0.15) is 14.0 Å². The van der Waals surface area contributed by atoms with Crippen molar-refractivity contribution < 1.29 is 18.3 Å². The minimum Gasteiger partial charge on any atom is -0.435 e. The van der Waals surface area contributed by atoms with Gasteiger partial charge in [-0.1, -0.05) is 11.6 Å². The highest BCUT2D eigenvalue weighted by Gasteiger charge is 2.08. The van der Waals surface area contributed by atoms with Gasteiger partial charge < -0.3 is 15.4 Å². The van der Waals surface area contributed by atoms with Crippen LogP contribution in [0.2, 0.25) is 5.02 Å². The predicted molar refractivity (Wildman–Crippen MR) is 86.4 cm³/mol. The molecular formula is C16H12ClF2N3O2. The Kier molecular flexibility index (Phi) is 5.93. The number of hydrogen-bond acceptors (Lipinski definition) is 4. The maximum atomic E-state index is 12.0. The van der Waals surface area contributed by atoms with Crippen molar-refractivity contribution in [2.24, 2.45) is 0 Å². The number of nitrogens with zero attached hydrogens (tertiary/aromatic N) is 1. The quantitative estimate of drug-likeness (QED) is 0.828. The predicted octanol–water partition coefficient (Wildman–Crippen LogP) is 3.86. The number of carbonyl (C=O) groups excluding carboxylic acids is 1. The van der Waals surface area contributed by atoms with Crippen LogP contribution in [0.1, 0.15) is 5.56 Å². The van der Waals surface area contributed by atoms with Crippen molar-refractivity contribution in [1.82, 2.24) is 0 Å². The van der Waals surface area contributed by atoms with Crippen molar-refractivity contribution in [2.45, 2.75) is 6.61 Å². The third-order valence-electron chi connectivity index (χ3n) is 2.91. The van der Waals surface area contributed by atoms with Gasteiger partial charge in [-0.25, -0.2) is 0 Å². The van der Waals surface area contributed by atoms with Crippen LogP contribution in [-0.2, 0) is 4.79 Å². The zero-order valence-electron chi connectivity index (χ0n) is 12.2. The van der Waals surface area contributed by atoms with Crippen LogP contribution < -0.4 is 15.4 Å². The molecule has 0 unspecified atom stereocenters. The van der Waals surface area contributed by atoms with Gasteiger partial charge in [0.25, 0.3) is 0 Å². The molecule has 2 aromatic carbocycles. The molecule has 0 saturated carbocycles. The fourth-order valence-corrected chi connectivity index (χ4v) is 2.02. The molecule has 24 heavy (non-hydrogen) atoms. The summed E-state index contributed by atoms with van der Waals surface area (Å²) in [6.45, 7) is -2.96. The van der Waals surface area contributed by atoms with E-state index >= 15 is 0 Å². The third-order valence-corrected chi connectivity index (χ3v) is 3.14. The maximum Gasteiger partial charge on any atom is 0.387 e. The van der Waals surface area contributed by atoms with Crippen molar-refractivity contribution in [3.05, 3.63) is 53.1 Å². The van der Waals surface area contributed by atoms with Gasteiger partial charge in [-0.15, -0.1) is 0 Å². The number of anilines is 2. The van der Waals surface area contributed by atoms with Crippen molar-refractivity contribution in [1.29, 1.82) is 5.26 Å². The molecule has 0 fully saturated rings. The van der Waals surface area contributed by atoms with Crippen LogP contribution in [0.25, 0.3) is 0 Å². The molecule has 0 bridgehead atoms. The van der Waals surface area contributed by atoms with Crippen LogP contribution in [0.15, 0.2) is 42.5 Å². The molecule has 0 saturated heterocycles. The number of halogens is 3. The van der Waals surface area contributed by atoms with Crippen LogP contribution in [0, 0.1) is 11.3 Å². The molecule has 1 amide bonds. The second kappa shape index (κ2) is 8.13. The Bertz CT molecular complexity index is 761. The Labute approximate surface area is 141 Å². The van der Waals surface area contributed by atoms with E-state index in [4.69, 9.17) is 16.9 Å². The number of ether oxygens (including phenoxy) is 1. The van der Waals surface area contributed by atoms with E-state index in [0.717, 1.165) is 0 Å². The van der Waals surface area contributed by atoms with E-state index in [1.54, 1.807) is 6.07 Å². The van der Waals surface area contributed by atoms with E-state index in [9.17, 15) is 13.6 Å². The molecule has 2 N–H and O–H groups in total. The number of rotatable bonds is 6. The van der Waals surface area contributed by atoms with Gasteiger partial charge in [0, 0.05) is 10.7 Å². The fourth-order valence-electron chi connectivity index (χ4n) is 1.85. The zero-order chi connectivity index (χ0) is 17.5. The number of alkyl halides is 2. The molecule has 0 spiro atoms. The van der Waals surface area contributed by atoms with Crippen LogP contribution in [-0.4, -0.2) is 19.1 Å². The van der Waals surface area contributed by atoms with Gasteiger partial charge in [0.05, 0.1) is 17.8 Å². The molecule has 0 heterocycles. The zero-order valence-corrected chi connectivity index (χ0v) is 13.0. The number of hydrogen-bond donors (Lipinski definition) is 2. The smallest absolute Gasteiger partial charge is 0.387 e. The highest BCUT2D eigenvalue weighted by Crippen LogP contribution is 2.20. The van der Waals surface area contributed by atoms with Crippen molar-refractivity contribution >= 4 is 28.9 Å². The van der Waals surface area contributed by atoms with Gasteiger partial charge in [-0.3, -0.25) is 4.79 Å². The first-order valence-electron chi connectivity index (χ1n) is 6.76. The molecular weight excluding hydrogens is 340 g/mol. The van der Waals surface area contributed by atoms with Crippen LogP contribution in [0.5, 0.6) is 5.75 Å². The summed E-state index contributed by atoms with van der Waals surface area (Å²) < 4.78 is 28.3. The molecule has 0 atom stereocenters. The Balaban J connectivity index is 1.92. The number of benzene rings is 2. The number of nitrogens with one attached hydrogen (secondary N) is 2. The largest absolute Gasteiger partial charge is 0.435 e. The molecule has 8 heteroatoms. The lowest BCUT2D eigenvalue weighted by atomic mass is 10.2. The molecule has 5 nitrogen and oxygen atoms in total. The van der Waals surface area contributed by atoms with E-state index in [1.165, 1.54) is 36.4 Å². The van der Waals surface area contributed by atoms with Gasteiger partial charge >= 0.3 is 6.61 Å². The summed E-state index contributed by atoms with van der Waals surface area (Å²) in [4.78, 5) is 11.9. The first-order chi connectivity index (χ1) is 11.5. The molecule has 2 aromatic rings. The Morgan fingerprint density at radius 1 is 1.25 bits per heavy atom. The van der Waals surface area contributed by atoms with E-state index in [0.29, 0.717) is 22.0 Å². The molecule has 0 aliphatic carbocycles. The maximum absolute atomic E-state index is 12.0. The van der Waals surface area contributed by atoms with Crippen LogP contribution in [0.3, 0.4) is 0 Å². The highest BCUT2D eigenvalue weighted by molar-refractivity contribution is 6.31. The van der Waals surface area contributed by atoms with Gasteiger partial charge in [0.1, 0.15) is 11.8 Å².